The molecule has 0 unspecified atom stereocenters. The van der Waals surface area contributed by atoms with E-state index in [1.807, 2.05) is 56.3 Å². The Hall–Kier alpha value is -2.33. The van der Waals surface area contributed by atoms with E-state index in [0.717, 1.165) is 32.6 Å². The van der Waals surface area contributed by atoms with E-state index in [-0.39, 0.29) is 5.91 Å². The van der Waals surface area contributed by atoms with E-state index in [1.54, 1.807) is 0 Å². The van der Waals surface area contributed by atoms with Crippen molar-refractivity contribution in [3.8, 4) is 0 Å². The molecule has 0 radical (unpaired) electrons. The van der Waals surface area contributed by atoms with Crippen molar-refractivity contribution >= 4 is 38.7 Å². The average Bonchev–Trinajstić information content (AvgIpc) is 2.88. The van der Waals surface area contributed by atoms with Crippen LogP contribution in [0.2, 0.25) is 0 Å². The molecule has 1 heterocycles. The van der Waals surface area contributed by atoms with Crippen LogP contribution in [0.15, 0.2) is 42.5 Å². The fourth-order valence-corrected chi connectivity index (χ4v) is 3.21. The molecule has 0 aliphatic rings. The Morgan fingerprint density at radius 1 is 1.10 bits per heavy atom. The minimum absolute atomic E-state index is 0.0801. The second-order valence-corrected chi connectivity index (χ2v) is 6.21. The maximum Gasteiger partial charge on any atom is 0.265 e. The van der Waals surface area contributed by atoms with Gasteiger partial charge < -0.3 is 11.1 Å². The summed E-state index contributed by atoms with van der Waals surface area (Å²) in [6.07, 6.45) is 0. The van der Waals surface area contributed by atoms with Gasteiger partial charge in [-0.1, -0.05) is 18.2 Å². The van der Waals surface area contributed by atoms with Crippen LogP contribution >= 0.6 is 11.3 Å². The zero-order valence-corrected chi connectivity index (χ0v) is 12.8. The van der Waals surface area contributed by atoms with Crippen molar-refractivity contribution in [2.75, 3.05) is 11.1 Å². The number of hydrogen-bond acceptors (Lipinski definition) is 3. The molecule has 21 heavy (non-hydrogen) atoms. The van der Waals surface area contributed by atoms with Gasteiger partial charge in [0, 0.05) is 16.1 Å². The first-order valence-corrected chi connectivity index (χ1v) is 7.53. The maximum absolute atomic E-state index is 12.4. The van der Waals surface area contributed by atoms with E-state index < -0.39 is 0 Å². The van der Waals surface area contributed by atoms with Crippen molar-refractivity contribution in [1.29, 1.82) is 0 Å². The van der Waals surface area contributed by atoms with E-state index in [9.17, 15) is 4.79 Å². The summed E-state index contributed by atoms with van der Waals surface area (Å²) in [6, 6.07) is 13.7. The van der Waals surface area contributed by atoms with Gasteiger partial charge in [0.25, 0.3) is 5.91 Å². The largest absolute Gasteiger partial charge is 0.399 e. The molecule has 2 aromatic carbocycles. The number of nitrogen functional groups attached to an aromatic ring is 1. The molecule has 0 saturated carbocycles. The Balaban J connectivity index is 1.91. The van der Waals surface area contributed by atoms with Gasteiger partial charge in [-0.3, -0.25) is 4.79 Å². The van der Waals surface area contributed by atoms with Crippen LogP contribution in [0.4, 0.5) is 11.4 Å². The van der Waals surface area contributed by atoms with Gasteiger partial charge in [0.05, 0.1) is 4.88 Å². The zero-order chi connectivity index (χ0) is 15.0. The summed E-state index contributed by atoms with van der Waals surface area (Å²) in [7, 11) is 0. The monoisotopic (exact) mass is 296 g/mol. The zero-order valence-electron chi connectivity index (χ0n) is 11.9. The number of aryl methyl sites for hydroxylation is 2. The number of nitrogens with one attached hydrogen (secondary N) is 1. The van der Waals surface area contributed by atoms with Gasteiger partial charge in [-0.2, -0.15) is 0 Å². The molecule has 0 saturated heterocycles. The minimum Gasteiger partial charge on any atom is -0.399 e. The molecule has 0 aliphatic heterocycles. The topological polar surface area (TPSA) is 55.1 Å². The highest BCUT2D eigenvalue weighted by Crippen LogP contribution is 2.27. The lowest BCUT2D eigenvalue weighted by Gasteiger charge is -2.10. The molecule has 3 nitrogen and oxygen atoms in total. The second-order valence-electron chi connectivity index (χ2n) is 5.13. The first kappa shape index (κ1) is 13.6. The fraction of sp³-hybridized carbons (Fsp3) is 0.118. The summed E-state index contributed by atoms with van der Waals surface area (Å²) in [5.74, 6) is -0.0801. The molecule has 106 valence electrons. The lowest BCUT2D eigenvalue weighted by Crippen LogP contribution is -2.11. The summed E-state index contributed by atoms with van der Waals surface area (Å²) in [5, 5.41) is 4.07. The number of carbonyl (C=O) groups is 1. The normalized spacial score (nSPS) is 10.8. The number of carbonyl (C=O) groups excluding carboxylic acids is 1. The Kier molecular flexibility index (Phi) is 3.39. The van der Waals surface area contributed by atoms with Gasteiger partial charge in [-0.15, -0.1) is 11.3 Å². The van der Waals surface area contributed by atoms with Gasteiger partial charge in [0.15, 0.2) is 0 Å². The predicted molar refractivity (Wildman–Crippen MR) is 90.1 cm³/mol. The summed E-state index contributed by atoms with van der Waals surface area (Å²) >= 11 is 1.50. The van der Waals surface area contributed by atoms with Crippen LogP contribution in [-0.2, 0) is 0 Å². The molecule has 3 N–H and O–H groups in total. The third kappa shape index (κ3) is 2.62. The molecule has 3 rings (SSSR count). The summed E-state index contributed by atoms with van der Waals surface area (Å²) in [6.45, 7) is 3.88. The number of rotatable bonds is 2. The lowest BCUT2D eigenvalue weighted by molar-refractivity contribution is 0.103. The first-order valence-electron chi connectivity index (χ1n) is 6.71. The van der Waals surface area contributed by atoms with Gasteiger partial charge in [-0.05, 0) is 54.6 Å². The first-order chi connectivity index (χ1) is 10.0. The molecule has 1 amide bonds. The quantitative estimate of drug-likeness (QED) is 0.691. The van der Waals surface area contributed by atoms with E-state index in [0.29, 0.717) is 4.88 Å². The second kappa shape index (κ2) is 5.22. The third-order valence-electron chi connectivity index (χ3n) is 3.51. The number of amides is 1. The molecule has 4 heteroatoms. The van der Waals surface area contributed by atoms with Crippen LogP contribution in [0, 0.1) is 13.8 Å². The Morgan fingerprint density at radius 2 is 1.86 bits per heavy atom. The van der Waals surface area contributed by atoms with Gasteiger partial charge in [-0.25, -0.2) is 0 Å². The highest BCUT2D eigenvalue weighted by atomic mass is 32.1. The van der Waals surface area contributed by atoms with E-state index in [2.05, 4.69) is 5.32 Å². The van der Waals surface area contributed by atoms with E-state index >= 15 is 0 Å². The van der Waals surface area contributed by atoms with Crippen LogP contribution in [0.25, 0.3) is 10.1 Å². The SMILES string of the molecule is Cc1cc(NC(=O)c2cc3ccccc3s2)c(C)cc1N. The van der Waals surface area contributed by atoms with Crippen molar-refractivity contribution in [1.82, 2.24) is 0 Å². The number of anilines is 2. The highest BCUT2D eigenvalue weighted by molar-refractivity contribution is 7.20. The Labute approximate surface area is 127 Å². The molecule has 1 aromatic heterocycles. The van der Waals surface area contributed by atoms with Crippen LogP contribution in [0.1, 0.15) is 20.8 Å². The summed E-state index contributed by atoms with van der Waals surface area (Å²) in [4.78, 5) is 13.1. The minimum atomic E-state index is -0.0801. The molecular weight excluding hydrogens is 280 g/mol. The Morgan fingerprint density at radius 3 is 2.62 bits per heavy atom. The third-order valence-corrected chi connectivity index (χ3v) is 4.63. The van der Waals surface area contributed by atoms with Crippen molar-refractivity contribution in [3.63, 3.8) is 0 Å². The van der Waals surface area contributed by atoms with Crippen molar-refractivity contribution in [2.45, 2.75) is 13.8 Å². The molecule has 0 fully saturated rings. The smallest absolute Gasteiger partial charge is 0.265 e. The molecule has 0 spiro atoms. The summed E-state index contributed by atoms with van der Waals surface area (Å²) < 4.78 is 1.12. The molecule has 0 bridgehead atoms. The predicted octanol–water partition coefficient (Wildman–Crippen LogP) is 4.35. The maximum atomic E-state index is 12.4. The number of fused-ring (bicyclic) bond motifs is 1. The number of nitrogens with two attached hydrogens (primary N) is 1. The van der Waals surface area contributed by atoms with Crippen molar-refractivity contribution in [2.24, 2.45) is 0 Å². The van der Waals surface area contributed by atoms with Crippen LogP contribution in [-0.4, -0.2) is 5.91 Å². The summed E-state index contributed by atoms with van der Waals surface area (Å²) in [5.41, 5.74) is 9.35. The lowest BCUT2D eigenvalue weighted by atomic mass is 10.1. The van der Waals surface area contributed by atoms with Crippen LogP contribution < -0.4 is 11.1 Å². The van der Waals surface area contributed by atoms with E-state index in [4.69, 9.17) is 5.73 Å². The van der Waals surface area contributed by atoms with E-state index in [1.165, 1.54) is 11.3 Å². The van der Waals surface area contributed by atoms with Gasteiger partial charge in [0.1, 0.15) is 0 Å². The molecule has 0 atom stereocenters. The number of thiophene rings is 1. The Bertz CT molecular complexity index is 803. The molecular formula is C17H16N2OS. The molecule has 3 aromatic rings. The van der Waals surface area contributed by atoms with Crippen LogP contribution in [0.3, 0.4) is 0 Å². The molecule has 0 aliphatic carbocycles. The number of hydrogen-bond donors (Lipinski definition) is 2. The standard InChI is InChI=1S/C17H16N2OS/c1-10-8-14(11(2)7-13(10)18)19-17(20)16-9-12-5-3-4-6-15(12)21-16/h3-9H,18H2,1-2H3,(H,19,20). The fourth-order valence-electron chi connectivity index (χ4n) is 2.25. The van der Waals surface area contributed by atoms with Crippen molar-refractivity contribution < 1.29 is 4.79 Å². The van der Waals surface area contributed by atoms with Gasteiger partial charge in [0.2, 0.25) is 0 Å². The highest BCUT2D eigenvalue weighted by Gasteiger charge is 2.12. The number of benzene rings is 2. The van der Waals surface area contributed by atoms with Crippen molar-refractivity contribution in [3.05, 3.63) is 58.5 Å². The van der Waals surface area contributed by atoms with Crippen LogP contribution in [0.5, 0.6) is 0 Å². The average molecular weight is 296 g/mol. The van der Waals surface area contributed by atoms with Gasteiger partial charge >= 0.3 is 0 Å².